The van der Waals surface area contributed by atoms with Crippen LogP contribution >= 0.6 is 0 Å². The molecule has 0 saturated heterocycles. The van der Waals surface area contributed by atoms with Gasteiger partial charge < -0.3 is 15.3 Å². The van der Waals surface area contributed by atoms with Crippen LogP contribution in [0.15, 0.2) is 54.6 Å². The van der Waals surface area contributed by atoms with Gasteiger partial charge >= 0.3 is 0 Å². The summed E-state index contributed by atoms with van der Waals surface area (Å²) in [6.45, 7) is 0.339. The second kappa shape index (κ2) is 6.63. The predicted molar refractivity (Wildman–Crippen MR) is 76.3 cm³/mol. The van der Waals surface area contributed by atoms with Crippen molar-refractivity contribution in [3.8, 4) is 5.75 Å². The molecular formula is C16H15NO3. The second-order valence-corrected chi connectivity index (χ2v) is 4.25. The van der Waals surface area contributed by atoms with Crippen LogP contribution in [0.5, 0.6) is 5.75 Å². The summed E-state index contributed by atoms with van der Waals surface area (Å²) in [6.07, 6.45) is -0.729. The number of ether oxygens (including phenoxy) is 1. The van der Waals surface area contributed by atoms with E-state index < -0.39 is 11.9 Å². The van der Waals surface area contributed by atoms with Gasteiger partial charge in [-0.05, 0) is 17.7 Å². The lowest BCUT2D eigenvalue weighted by atomic mass is 10.1. The highest BCUT2D eigenvalue weighted by molar-refractivity contribution is 6.09. The molecule has 0 radical (unpaired) electrons. The van der Waals surface area contributed by atoms with Gasteiger partial charge in [0.15, 0.2) is 11.9 Å². The Balaban J connectivity index is 2.16. The fourth-order valence-corrected chi connectivity index (χ4v) is 1.77. The summed E-state index contributed by atoms with van der Waals surface area (Å²) in [7, 11) is 0. The van der Waals surface area contributed by atoms with E-state index >= 15 is 0 Å². The molecule has 0 fully saturated rings. The number of Topliss-reactive ketones (excluding diaryl/α,β-unsaturated/α-hetero) is 1. The van der Waals surface area contributed by atoms with Crippen molar-refractivity contribution in [2.45, 2.75) is 12.7 Å². The SMILES string of the molecule is N=CC(O)C(=O)c1ccccc1OCc1ccccc1. The molecule has 0 aliphatic carbocycles. The number of carbonyl (C=O) groups is 1. The normalized spacial score (nSPS) is 11.7. The lowest BCUT2D eigenvalue weighted by Gasteiger charge is -2.11. The lowest BCUT2D eigenvalue weighted by Crippen LogP contribution is -2.22. The minimum atomic E-state index is -1.43. The van der Waals surface area contributed by atoms with Crippen LogP contribution in [0.4, 0.5) is 0 Å². The molecule has 0 aliphatic rings. The largest absolute Gasteiger partial charge is 0.488 e. The molecule has 4 heteroatoms. The molecule has 2 rings (SSSR count). The summed E-state index contributed by atoms with van der Waals surface area (Å²) in [4.78, 5) is 11.9. The molecule has 1 atom stereocenters. The van der Waals surface area contributed by atoms with E-state index in [0.29, 0.717) is 18.6 Å². The maximum absolute atomic E-state index is 11.9. The Morgan fingerprint density at radius 2 is 1.80 bits per heavy atom. The van der Waals surface area contributed by atoms with E-state index in [1.165, 1.54) is 0 Å². The first-order valence-corrected chi connectivity index (χ1v) is 6.21. The highest BCUT2D eigenvalue weighted by Crippen LogP contribution is 2.20. The van der Waals surface area contributed by atoms with Gasteiger partial charge in [0.2, 0.25) is 0 Å². The topological polar surface area (TPSA) is 70.4 Å². The first-order chi connectivity index (χ1) is 9.72. The maximum atomic E-state index is 11.9. The third-order valence-corrected chi connectivity index (χ3v) is 2.82. The number of aliphatic hydroxyl groups is 1. The van der Waals surface area contributed by atoms with Crippen LogP contribution in [0.3, 0.4) is 0 Å². The summed E-state index contributed by atoms with van der Waals surface area (Å²) in [5.74, 6) is -0.133. The fourth-order valence-electron chi connectivity index (χ4n) is 1.77. The van der Waals surface area contributed by atoms with Gasteiger partial charge in [0.25, 0.3) is 0 Å². The van der Waals surface area contributed by atoms with Crippen molar-refractivity contribution in [2.75, 3.05) is 0 Å². The Morgan fingerprint density at radius 3 is 2.50 bits per heavy atom. The first kappa shape index (κ1) is 14.0. The van der Waals surface area contributed by atoms with E-state index in [-0.39, 0.29) is 5.56 Å². The van der Waals surface area contributed by atoms with Crippen LogP contribution in [0, 0.1) is 5.41 Å². The van der Waals surface area contributed by atoms with E-state index in [9.17, 15) is 9.90 Å². The quantitative estimate of drug-likeness (QED) is 0.625. The molecule has 0 spiro atoms. The van der Waals surface area contributed by atoms with Crippen LogP contribution in [0.25, 0.3) is 0 Å². The Bertz CT molecular complexity index is 596. The molecule has 0 amide bonds. The van der Waals surface area contributed by atoms with E-state index in [4.69, 9.17) is 10.1 Å². The van der Waals surface area contributed by atoms with Gasteiger partial charge in [-0.25, -0.2) is 0 Å². The van der Waals surface area contributed by atoms with Gasteiger partial charge in [-0.15, -0.1) is 0 Å². The number of carbonyl (C=O) groups excluding carboxylic acids is 1. The molecule has 102 valence electrons. The molecule has 2 aromatic rings. The van der Waals surface area contributed by atoms with Crippen LogP contribution in [0.1, 0.15) is 15.9 Å². The maximum Gasteiger partial charge on any atom is 0.200 e. The van der Waals surface area contributed by atoms with Gasteiger partial charge in [-0.1, -0.05) is 42.5 Å². The monoisotopic (exact) mass is 269 g/mol. The van der Waals surface area contributed by atoms with Crippen molar-refractivity contribution < 1.29 is 14.6 Å². The second-order valence-electron chi connectivity index (χ2n) is 4.25. The van der Waals surface area contributed by atoms with Crippen molar-refractivity contribution in [2.24, 2.45) is 0 Å². The first-order valence-electron chi connectivity index (χ1n) is 6.21. The van der Waals surface area contributed by atoms with Crippen molar-refractivity contribution in [3.05, 3.63) is 65.7 Å². The van der Waals surface area contributed by atoms with E-state index in [1.807, 2.05) is 30.3 Å². The predicted octanol–water partition coefficient (Wildman–Crippen LogP) is 2.46. The standard InChI is InChI=1S/C16H15NO3/c17-10-14(18)16(19)13-8-4-5-9-15(13)20-11-12-6-2-1-3-7-12/h1-10,14,17-18H,11H2. The van der Waals surface area contributed by atoms with Gasteiger partial charge in [0.05, 0.1) is 5.56 Å². The molecular weight excluding hydrogens is 254 g/mol. The number of aliphatic hydroxyl groups excluding tert-OH is 1. The zero-order chi connectivity index (χ0) is 14.4. The molecule has 4 nitrogen and oxygen atoms in total. The Hall–Kier alpha value is -2.46. The molecule has 0 bridgehead atoms. The zero-order valence-corrected chi connectivity index (χ0v) is 10.8. The third kappa shape index (κ3) is 3.30. The summed E-state index contributed by atoms with van der Waals surface area (Å²) < 4.78 is 5.63. The van der Waals surface area contributed by atoms with Crippen molar-refractivity contribution in [1.82, 2.24) is 0 Å². The number of ketones is 1. The van der Waals surface area contributed by atoms with Crippen molar-refractivity contribution in [3.63, 3.8) is 0 Å². The minimum Gasteiger partial charge on any atom is -0.488 e. The Kier molecular flexibility index (Phi) is 4.63. The Labute approximate surface area is 117 Å². The fraction of sp³-hybridized carbons (Fsp3) is 0.125. The van der Waals surface area contributed by atoms with Crippen LogP contribution in [-0.2, 0) is 6.61 Å². The van der Waals surface area contributed by atoms with Crippen LogP contribution in [0.2, 0.25) is 0 Å². The molecule has 2 aromatic carbocycles. The van der Waals surface area contributed by atoms with Gasteiger partial charge in [0.1, 0.15) is 12.4 Å². The molecule has 0 aliphatic heterocycles. The third-order valence-electron chi connectivity index (χ3n) is 2.82. The smallest absolute Gasteiger partial charge is 0.200 e. The number of rotatable bonds is 6. The average Bonchev–Trinajstić information content (AvgIpc) is 2.52. The Morgan fingerprint density at radius 1 is 1.15 bits per heavy atom. The van der Waals surface area contributed by atoms with E-state index in [0.717, 1.165) is 5.56 Å². The average molecular weight is 269 g/mol. The highest BCUT2D eigenvalue weighted by atomic mass is 16.5. The number of para-hydroxylation sites is 1. The summed E-state index contributed by atoms with van der Waals surface area (Å²) in [6, 6.07) is 16.3. The molecule has 20 heavy (non-hydrogen) atoms. The number of hydrogen-bond donors (Lipinski definition) is 2. The molecule has 0 aromatic heterocycles. The van der Waals surface area contributed by atoms with Gasteiger partial charge in [-0.2, -0.15) is 0 Å². The van der Waals surface area contributed by atoms with Crippen molar-refractivity contribution in [1.29, 1.82) is 5.41 Å². The molecule has 0 heterocycles. The van der Waals surface area contributed by atoms with Crippen molar-refractivity contribution >= 4 is 12.0 Å². The summed E-state index contributed by atoms with van der Waals surface area (Å²) in [5, 5.41) is 16.4. The van der Waals surface area contributed by atoms with Crippen LogP contribution < -0.4 is 4.74 Å². The van der Waals surface area contributed by atoms with E-state index in [2.05, 4.69) is 0 Å². The van der Waals surface area contributed by atoms with Crippen LogP contribution in [-0.4, -0.2) is 23.2 Å². The summed E-state index contributed by atoms with van der Waals surface area (Å²) in [5.41, 5.74) is 1.27. The summed E-state index contributed by atoms with van der Waals surface area (Å²) >= 11 is 0. The lowest BCUT2D eigenvalue weighted by molar-refractivity contribution is 0.0844. The molecule has 1 unspecified atom stereocenters. The van der Waals surface area contributed by atoms with E-state index in [1.54, 1.807) is 24.3 Å². The number of hydrogen-bond acceptors (Lipinski definition) is 4. The zero-order valence-electron chi connectivity index (χ0n) is 10.8. The van der Waals surface area contributed by atoms with Gasteiger partial charge in [-0.3, -0.25) is 4.79 Å². The minimum absolute atomic E-state index is 0.277. The molecule has 2 N–H and O–H groups in total. The van der Waals surface area contributed by atoms with Gasteiger partial charge in [0, 0.05) is 6.21 Å². The highest BCUT2D eigenvalue weighted by Gasteiger charge is 2.18. The number of nitrogens with one attached hydrogen (secondary N) is 1. The number of benzene rings is 2. The molecule has 0 saturated carbocycles.